The van der Waals surface area contributed by atoms with Crippen LogP contribution in [0.15, 0.2) is 108 Å². The first kappa shape index (κ1) is 45.4. The number of aromatic nitrogens is 2. The van der Waals surface area contributed by atoms with Gasteiger partial charge in [-0.2, -0.15) is 0 Å². The number of hydrogen-bond donors (Lipinski definition) is 2. The Kier molecular flexibility index (Phi) is 13.0. The van der Waals surface area contributed by atoms with Crippen LogP contribution in [0.25, 0.3) is 11.0 Å². The number of ether oxygens (including phenoxy) is 3. The first-order chi connectivity index (χ1) is 31.0. The number of anilines is 2. The van der Waals surface area contributed by atoms with Crippen LogP contribution in [0.2, 0.25) is 0 Å². The summed E-state index contributed by atoms with van der Waals surface area (Å²) in [6.45, 7) is -1.35. The van der Waals surface area contributed by atoms with Gasteiger partial charge in [0, 0.05) is 56.0 Å². The second kappa shape index (κ2) is 18.6. The number of likely N-dealkylation sites (N-methyl/N-ethyl adjacent to an activating group) is 2. The van der Waals surface area contributed by atoms with Gasteiger partial charge in [-0.05, 0) is 102 Å². The molecule has 0 aliphatic heterocycles. The molecule has 2 N–H and O–H groups in total. The highest BCUT2D eigenvalue weighted by molar-refractivity contribution is 6.05. The molecule has 65 heavy (non-hydrogen) atoms. The fourth-order valence-corrected chi connectivity index (χ4v) is 7.97. The first-order valence-electron chi connectivity index (χ1n) is 20.2. The molecule has 0 saturated heterocycles. The molecule has 4 amide bonds. The highest BCUT2D eigenvalue weighted by Crippen LogP contribution is 2.53. The third kappa shape index (κ3) is 9.66. The van der Waals surface area contributed by atoms with E-state index in [1.54, 1.807) is 48.5 Å². The van der Waals surface area contributed by atoms with E-state index in [1.807, 2.05) is 0 Å². The van der Waals surface area contributed by atoms with Crippen LogP contribution in [0.5, 0.6) is 17.2 Å². The monoisotopic (exact) mass is 896 g/mol. The summed E-state index contributed by atoms with van der Waals surface area (Å²) in [6.07, 6.45) is -0.355. The summed E-state index contributed by atoms with van der Waals surface area (Å²) >= 11 is 0. The Labute approximate surface area is 369 Å². The summed E-state index contributed by atoms with van der Waals surface area (Å²) in [5, 5.41) is 5.39. The van der Waals surface area contributed by atoms with Crippen LogP contribution in [-0.4, -0.2) is 79.8 Å². The second-order valence-electron chi connectivity index (χ2n) is 15.5. The molecule has 0 radical (unpaired) electrons. The van der Waals surface area contributed by atoms with Gasteiger partial charge in [0.1, 0.15) is 65.2 Å². The molecule has 2 unspecified atom stereocenters. The van der Waals surface area contributed by atoms with Gasteiger partial charge >= 0.3 is 5.69 Å². The average molecular weight is 897 g/mol. The predicted octanol–water partition coefficient (Wildman–Crippen LogP) is 5.48. The van der Waals surface area contributed by atoms with E-state index in [4.69, 9.17) is 14.2 Å². The standard InChI is InChI=1S/C47H44F4N6O8/c1-54(33-6-10-35(63-3)11-7-33)44(60)39(18-27-16-29(48)21-30(49)17-27)52-42(58)25-56-40-15-14-37(65-5)23-41(40)57(46(56)62)26-43(59)53-47(24-38(47)28-19-31(50)22-32(51)20-28)45(61)55(2)34-8-12-36(64-4)13-9-34/h6-17,19-23,38-39H,18,24-26H2,1-5H3,(H,52,58)(H,53,59)/t38?,39-,47?/m0/s1. The summed E-state index contributed by atoms with van der Waals surface area (Å²) in [7, 11) is 7.30. The Balaban J connectivity index is 1.18. The molecule has 1 saturated carbocycles. The van der Waals surface area contributed by atoms with Crippen molar-refractivity contribution in [2.75, 3.05) is 45.2 Å². The number of nitrogens with one attached hydrogen (secondary N) is 2. The summed E-state index contributed by atoms with van der Waals surface area (Å²) in [5.74, 6) is -5.92. The van der Waals surface area contributed by atoms with Crippen molar-refractivity contribution in [2.24, 2.45) is 0 Å². The van der Waals surface area contributed by atoms with Crippen molar-refractivity contribution in [3.8, 4) is 17.2 Å². The lowest BCUT2D eigenvalue weighted by Crippen LogP contribution is -2.52. The number of halogens is 4. The molecular weight excluding hydrogens is 853 g/mol. The minimum absolute atomic E-state index is 0.0264. The van der Waals surface area contributed by atoms with Crippen molar-refractivity contribution in [3.05, 3.63) is 148 Å². The highest BCUT2D eigenvalue weighted by Gasteiger charge is 2.63. The SMILES string of the molecule is COc1ccc(N(C)C(=O)[C@H](Cc2cc(F)cc(F)c2)NC(=O)Cn2c(=O)n(CC(=O)NC3(C(=O)N(C)c4ccc(OC)cc4)CC3c3cc(F)cc(F)c3)c3cc(OC)ccc32)cc1. The summed E-state index contributed by atoms with van der Waals surface area (Å²) in [4.78, 5) is 73.2. The fraction of sp³-hybridized carbons (Fsp3) is 0.255. The minimum Gasteiger partial charge on any atom is -0.497 e. The van der Waals surface area contributed by atoms with E-state index in [0.29, 0.717) is 40.8 Å². The number of hydrogen-bond acceptors (Lipinski definition) is 8. The van der Waals surface area contributed by atoms with E-state index in [-0.39, 0.29) is 35.0 Å². The zero-order chi connectivity index (χ0) is 46.7. The Morgan fingerprint density at radius 3 is 1.71 bits per heavy atom. The van der Waals surface area contributed by atoms with Crippen LogP contribution in [0, 0.1) is 23.3 Å². The number of carbonyl (C=O) groups is 4. The molecule has 7 rings (SSSR count). The topological polar surface area (TPSA) is 153 Å². The number of fused-ring (bicyclic) bond motifs is 1. The molecule has 18 heteroatoms. The Morgan fingerprint density at radius 1 is 0.662 bits per heavy atom. The number of methoxy groups -OCH3 is 3. The lowest BCUT2D eigenvalue weighted by Gasteiger charge is -2.26. The number of benzene rings is 5. The smallest absolute Gasteiger partial charge is 0.330 e. The number of nitrogens with zero attached hydrogens (tertiary/aromatic N) is 4. The van der Waals surface area contributed by atoms with Gasteiger partial charge in [-0.15, -0.1) is 0 Å². The average Bonchev–Trinajstić information content (AvgIpc) is 3.96. The number of imidazole rings is 1. The maximum Gasteiger partial charge on any atom is 0.330 e. The molecule has 1 aliphatic carbocycles. The molecule has 1 aromatic heterocycles. The van der Waals surface area contributed by atoms with Crippen LogP contribution in [0.1, 0.15) is 23.5 Å². The van der Waals surface area contributed by atoms with E-state index in [0.717, 1.165) is 33.4 Å². The Bertz CT molecular complexity index is 2810. The van der Waals surface area contributed by atoms with Crippen LogP contribution in [-0.2, 0) is 38.7 Å². The van der Waals surface area contributed by atoms with E-state index in [9.17, 15) is 41.5 Å². The van der Waals surface area contributed by atoms with Crippen LogP contribution < -0.4 is 40.3 Å². The number of rotatable bonds is 16. The zero-order valence-corrected chi connectivity index (χ0v) is 35.9. The molecule has 1 aliphatic rings. The van der Waals surface area contributed by atoms with Gasteiger partial charge in [0.15, 0.2) is 0 Å². The molecule has 0 bridgehead atoms. The second-order valence-corrected chi connectivity index (χ2v) is 15.5. The van der Waals surface area contributed by atoms with Crippen molar-refractivity contribution in [1.29, 1.82) is 0 Å². The van der Waals surface area contributed by atoms with Gasteiger partial charge in [-0.25, -0.2) is 22.4 Å². The van der Waals surface area contributed by atoms with E-state index < -0.39 is 83.2 Å². The van der Waals surface area contributed by atoms with Crippen molar-refractivity contribution < 1.29 is 51.0 Å². The summed E-state index contributed by atoms with van der Waals surface area (Å²) in [5.41, 5.74) is -1.10. The maximum absolute atomic E-state index is 14.5. The van der Waals surface area contributed by atoms with E-state index in [1.165, 1.54) is 63.4 Å². The molecule has 6 aromatic rings. The van der Waals surface area contributed by atoms with Crippen molar-refractivity contribution in [3.63, 3.8) is 0 Å². The quantitative estimate of drug-likeness (QED) is 0.121. The molecule has 1 heterocycles. The van der Waals surface area contributed by atoms with Gasteiger partial charge in [0.25, 0.3) is 5.91 Å². The zero-order valence-electron chi connectivity index (χ0n) is 35.9. The summed E-state index contributed by atoms with van der Waals surface area (Å²) in [6, 6.07) is 21.7. The predicted molar refractivity (Wildman–Crippen MR) is 232 cm³/mol. The Hall–Kier alpha value is -7.63. The van der Waals surface area contributed by atoms with Gasteiger partial charge < -0.3 is 34.6 Å². The maximum atomic E-state index is 14.5. The third-order valence-electron chi connectivity index (χ3n) is 11.4. The highest BCUT2D eigenvalue weighted by atomic mass is 19.1. The lowest BCUT2D eigenvalue weighted by atomic mass is 10.0. The largest absolute Gasteiger partial charge is 0.497 e. The number of amides is 4. The molecule has 14 nitrogen and oxygen atoms in total. The van der Waals surface area contributed by atoms with Gasteiger partial charge in [0.05, 0.1) is 32.4 Å². The molecule has 338 valence electrons. The molecular formula is C47H44F4N6O8. The number of carbonyl (C=O) groups excluding carboxylic acids is 4. The van der Waals surface area contributed by atoms with Gasteiger partial charge in [0.2, 0.25) is 17.7 Å². The normalized spacial score (nSPS) is 15.7. The van der Waals surface area contributed by atoms with Crippen LogP contribution >= 0.6 is 0 Å². The molecule has 1 fully saturated rings. The van der Waals surface area contributed by atoms with E-state index in [2.05, 4.69) is 10.6 Å². The van der Waals surface area contributed by atoms with Crippen molar-refractivity contribution >= 4 is 46.0 Å². The summed E-state index contributed by atoms with van der Waals surface area (Å²) < 4.78 is 75.5. The van der Waals surface area contributed by atoms with Gasteiger partial charge in [-0.3, -0.25) is 28.3 Å². The van der Waals surface area contributed by atoms with Crippen LogP contribution in [0.4, 0.5) is 28.9 Å². The van der Waals surface area contributed by atoms with Crippen molar-refractivity contribution in [1.82, 2.24) is 19.8 Å². The fourth-order valence-electron chi connectivity index (χ4n) is 7.97. The third-order valence-corrected chi connectivity index (χ3v) is 11.4. The van der Waals surface area contributed by atoms with E-state index >= 15 is 0 Å². The molecule has 0 spiro atoms. The molecule has 5 aromatic carbocycles. The lowest BCUT2D eigenvalue weighted by molar-refractivity contribution is -0.128. The minimum atomic E-state index is -1.68. The van der Waals surface area contributed by atoms with Crippen molar-refractivity contribution in [2.45, 2.75) is 43.4 Å². The van der Waals surface area contributed by atoms with Crippen LogP contribution in [0.3, 0.4) is 0 Å². The Morgan fingerprint density at radius 2 is 1.15 bits per heavy atom. The first-order valence-corrected chi connectivity index (χ1v) is 20.2. The van der Waals surface area contributed by atoms with Gasteiger partial charge in [-0.1, -0.05) is 0 Å². The molecule has 3 atom stereocenters.